The third-order valence-corrected chi connectivity index (χ3v) is 3.12. The molecule has 2 aromatic rings. The summed E-state index contributed by atoms with van der Waals surface area (Å²) < 4.78 is 5.08. The van der Waals surface area contributed by atoms with Gasteiger partial charge < -0.3 is 4.74 Å². The highest BCUT2D eigenvalue weighted by atomic mass is 35.5. The molecule has 0 saturated heterocycles. The Morgan fingerprint density at radius 1 is 1.00 bits per heavy atom. The lowest BCUT2D eigenvalue weighted by atomic mass is 10.2. The van der Waals surface area contributed by atoms with Crippen molar-refractivity contribution >= 4 is 35.1 Å². The Balaban J connectivity index is 2.16. The average Bonchev–Trinajstić information content (AvgIpc) is 2.41. The highest BCUT2D eigenvalue weighted by Gasteiger charge is 1.97. The Kier molecular flexibility index (Phi) is 4.24. The van der Waals surface area contributed by atoms with Crippen LogP contribution in [0.2, 0.25) is 10.0 Å². The molecule has 0 unspecified atom stereocenters. The quantitative estimate of drug-likeness (QED) is 0.743. The fourth-order valence-corrected chi connectivity index (χ4v) is 1.70. The molecule has 2 nitrogen and oxygen atoms in total. The van der Waals surface area contributed by atoms with Crippen molar-refractivity contribution in [3.63, 3.8) is 0 Å². The van der Waals surface area contributed by atoms with Crippen molar-refractivity contribution < 1.29 is 4.74 Å². The van der Waals surface area contributed by atoms with Crippen LogP contribution in [-0.4, -0.2) is 13.3 Å². The van der Waals surface area contributed by atoms with E-state index < -0.39 is 0 Å². The van der Waals surface area contributed by atoms with Gasteiger partial charge in [0, 0.05) is 6.21 Å². The van der Waals surface area contributed by atoms with E-state index >= 15 is 0 Å². The summed E-state index contributed by atoms with van der Waals surface area (Å²) in [5, 5.41) is 1.03. The molecule has 0 aliphatic heterocycles. The minimum absolute atomic E-state index is 0.501. The van der Waals surface area contributed by atoms with Gasteiger partial charge in [0.25, 0.3) is 0 Å². The number of hydrogen-bond acceptors (Lipinski definition) is 2. The van der Waals surface area contributed by atoms with Crippen LogP contribution in [0.15, 0.2) is 47.5 Å². The number of rotatable bonds is 3. The van der Waals surface area contributed by atoms with E-state index in [1.54, 1.807) is 25.5 Å². The van der Waals surface area contributed by atoms with Crippen LogP contribution < -0.4 is 4.74 Å². The van der Waals surface area contributed by atoms with Crippen molar-refractivity contribution in [2.24, 2.45) is 4.99 Å². The summed E-state index contributed by atoms with van der Waals surface area (Å²) in [6.07, 6.45) is 1.76. The SMILES string of the molecule is COc1ccc(C=Nc2ccc(Cl)c(Cl)c2)cc1. The Morgan fingerprint density at radius 3 is 2.33 bits per heavy atom. The van der Waals surface area contributed by atoms with Gasteiger partial charge in [-0.25, -0.2) is 0 Å². The summed E-state index contributed by atoms with van der Waals surface area (Å²) in [5.41, 5.74) is 1.75. The molecule has 0 atom stereocenters. The molecule has 0 heterocycles. The first-order valence-electron chi connectivity index (χ1n) is 5.32. The van der Waals surface area contributed by atoms with Gasteiger partial charge in [0.2, 0.25) is 0 Å². The molecular formula is C14H11Cl2NO. The van der Waals surface area contributed by atoms with E-state index in [0.717, 1.165) is 17.0 Å². The summed E-state index contributed by atoms with van der Waals surface area (Å²) in [5.74, 6) is 0.821. The van der Waals surface area contributed by atoms with Gasteiger partial charge in [-0.05, 0) is 48.0 Å². The molecule has 0 aliphatic rings. The molecular weight excluding hydrogens is 269 g/mol. The highest BCUT2D eigenvalue weighted by molar-refractivity contribution is 6.42. The first-order chi connectivity index (χ1) is 8.69. The summed E-state index contributed by atoms with van der Waals surface area (Å²) in [7, 11) is 1.64. The highest BCUT2D eigenvalue weighted by Crippen LogP contribution is 2.26. The number of halogens is 2. The number of benzene rings is 2. The first kappa shape index (κ1) is 12.9. The second kappa shape index (κ2) is 5.89. The van der Waals surface area contributed by atoms with Crippen molar-refractivity contribution in [1.29, 1.82) is 0 Å². The minimum atomic E-state index is 0.501. The molecule has 0 aliphatic carbocycles. The third-order valence-electron chi connectivity index (χ3n) is 2.38. The van der Waals surface area contributed by atoms with Crippen LogP contribution in [0.4, 0.5) is 5.69 Å². The second-order valence-corrected chi connectivity index (χ2v) is 4.44. The third kappa shape index (κ3) is 3.25. The lowest BCUT2D eigenvalue weighted by Gasteiger charge is -1.99. The molecule has 92 valence electrons. The zero-order valence-corrected chi connectivity index (χ0v) is 11.2. The van der Waals surface area contributed by atoms with Crippen LogP contribution in [0.1, 0.15) is 5.56 Å². The number of methoxy groups -OCH3 is 1. The standard InChI is InChI=1S/C14H11Cl2NO/c1-18-12-5-2-10(3-6-12)9-17-11-4-7-13(15)14(16)8-11/h2-9H,1H3. The van der Waals surface area contributed by atoms with E-state index in [2.05, 4.69) is 4.99 Å². The van der Waals surface area contributed by atoms with Gasteiger partial charge in [-0.2, -0.15) is 0 Å². The molecule has 0 bridgehead atoms. The van der Waals surface area contributed by atoms with Crippen molar-refractivity contribution in [2.45, 2.75) is 0 Å². The van der Waals surface area contributed by atoms with E-state index in [0.29, 0.717) is 10.0 Å². The molecule has 2 rings (SSSR count). The van der Waals surface area contributed by atoms with Crippen LogP contribution in [0, 0.1) is 0 Å². The predicted octanol–water partition coefficient (Wildman–Crippen LogP) is 4.75. The largest absolute Gasteiger partial charge is 0.497 e. The van der Waals surface area contributed by atoms with E-state index in [-0.39, 0.29) is 0 Å². The minimum Gasteiger partial charge on any atom is -0.497 e. The van der Waals surface area contributed by atoms with Gasteiger partial charge in [-0.1, -0.05) is 23.2 Å². The first-order valence-corrected chi connectivity index (χ1v) is 6.08. The van der Waals surface area contributed by atoms with Crippen molar-refractivity contribution in [3.8, 4) is 5.75 Å². The molecule has 0 saturated carbocycles. The maximum atomic E-state index is 5.91. The zero-order valence-electron chi connectivity index (χ0n) is 9.73. The van der Waals surface area contributed by atoms with Crippen molar-refractivity contribution in [1.82, 2.24) is 0 Å². The van der Waals surface area contributed by atoms with Gasteiger partial charge in [0.1, 0.15) is 5.75 Å². The van der Waals surface area contributed by atoms with E-state index in [1.807, 2.05) is 30.3 Å². The Bertz CT molecular complexity index is 565. The molecule has 0 fully saturated rings. The smallest absolute Gasteiger partial charge is 0.118 e. The van der Waals surface area contributed by atoms with Crippen molar-refractivity contribution in [3.05, 3.63) is 58.1 Å². The Morgan fingerprint density at radius 2 is 1.72 bits per heavy atom. The lowest BCUT2D eigenvalue weighted by Crippen LogP contribution is -1.84. The van der Waals surface area contributed by atoms with Crippen LogP contribution in [0.5, 0.6) is 5.75 Å². The summed E-state index contributed by atoms with van der Waals surface area (Å²) in [6.45, 7) is 0. The summed E-state index contributed by atoms with van der Waals surface area (Å²) in [6, 6.07) is 12.9. The number of hydrogen-bond donors (Lipinski definition) is 0. The lowest BCUT2D eigenvalue weighted by molar-refractivity contribution is 0.415. The molecule has 0 spiro atoms. The zero-order chi connectivity index (χ0) is 13.0. The topological polar surface area (TPSA) is 21.6 Å². The van der Waals surface area contributed by atoms with Gasteiger partial charge in [0.15, 0.2) is 0 Å². The van der Waals surface area contributed by atoms with Gasteiger partial charge >= 0.3 is 0 Å². The summed E-state index contributed by atoms with van der Waals surface area (Å²) >= 11 is 11.7. The normalized spacial score (nSPS) is 10.8. The molecule has 18 heavy (non-hydrogen) atoms. The van der Waals surface area contributed by atoms with Crippen LogP contribution in [-0.2, 0) is 0 Å². The van der Waals surface area contributed by atoms with Crippen LogP contribution in [0.3, 0.4) is 0 Å². The number of aliphatic imine (C=N–C) groups is 1. The fourth-order valence-electron chi connectivity index (χ4n) is 1.40. The molecule has 0 radical (unpaired) electrons. The molecule has 4 heteroatoms. The summed E-state index contributed by atoms with van der Waals surface area (Å²) in [4.78, 5) is 4.33. The van der Waals surface area contributed by atoms with Crippen molar-refractivity contribution in [2.75, 3.05) is 7.11 Å². The van der Waals surface area contributed by atoms with Crippen LogP contribution >= 0.6 is 23.2 Å². The Labute approximate surface area is 116 Å². The second-order valence-electron chi connectivity index (χ2n) is 3.63. The van der Waals surface area contributed by atoms with Gasteiger partial charge in [-0.3, -0.25) is 4.99 Å². The molecule has 2 aromatic carbocycles. The predicted molar refractivity (Wildman–Crippen MR) is 76.7 cm³/mol. The van der Waals surface area contributed by atoms with Crippen LogP contribution in [0.25, 0.3) is 0 Å². The average molecular weight is 280 g/mol. The van der Waals surface area contributed by atoms with Gasteiger partial charge in [-0.15, -0.1) is 0 Å². The monoisotopic (exact) mass is 279 g/mol. The maximum Gasteiger partial charge on any atom is 0.118 e. The molecule has 0 N–H and O–H groups in total. The van der Waals surface area contributed by atoms with E-state index in [1.165, 1.54) is 0 Å². The molecule has 0 aromatic heterocycles. The van der Waals surface area contributed by atoms with E-state index in [4.69, 9.17) is 27.9 Å². The Hall–Kier alpha value is -1.51. The molecule has 0 amide bonds. The number of ether oxygens (including phenoxy) is 1. The maximum absolute atomic E-state index is 5.91. The fraction of sp³-hybridized carbons (Fsp3) is 0.0714. The van der Waals surface area contributed by atoms with E-state index in [9.17, 15) is 0 Å². The van der Waals surface area contributed by atoms with Gasteiger partial charge in [0.05, 0.1) is 22.8 Å². The number of nitrogens with zero attached hydrogens (tertiary/aromatic N) is 1.